The van der Waals surface area contributed by atoms with Crippen LogP contribution in [-0.4, -0.2) is 48.6 Å². The average Bonchev–Trinajstić information content (AvgIpc) is 3.20. The lowest BCUT2D eigenvalue weighted by molar-refractivity contribution is -0.161. The molecule has 0 amide bonds. The van der Waals surface area contributed by atoms with E-state index < -0.39 is 11.2 Å². The fourth-order valence-electron chi connectivity index (χ4n) is 6.03. The molecule has 0 heterocycles. The molecule has 2 rings (SSSR count). The van der Waals surface area contributed by atoms with Gasteiger partial charge in [0.05, 0.1) is 23.4 Å². The molecule has 2 aliphatic rings. The second-order valence-electron chi connectivity index (χ2n) is 14.9. The van der Waals surface area contributed by atoms with Gasteiger partial charge in [-0.2, -0.15) is 0 Å². The van der Waals surface area contributed by atoms with Crippen LogP contribution in [-0.2, 0) is 28.5 Å². The SMILES string of the molecule is CCC(=O)OCC(C)(C)OC(C)C1CCC(C)(C)C1.CCC(=O)OCC(C)(C)OC(C)C1CCCC(C)(C)C1. The lowest BCUT2D eigenvalue weighted by Crippen LogP contribution is -2.40. The maximum Gasteiger partial charge on any atom is 0.305 e. The summed E-state index contributed by atoms with van der Waals surface area (Å²) in [5.74, 6) is 0.913. The van der Waals surface area contributed by atoms with E-state index >= 15 is 0 Å². The third kappa shape index (κ3) is 14.4. The van der Waals surface area contributed by atoms with Crippen LogP contribution in [0.4, 0.5) is 0 Å². The quantitative estimate of drug-likeness (QED) is 0.226. The summed E-state index contributed by atoms with van der Waals surface area (Å²) < 4.78 is 22.7. The van der Waals surface area contributed by atoms with Crippen molar-refractivity contribution in [2.75, 3.05) is 13.2 Å². The molecule has 4 atom stereocenters. The highest BCUT2D eigenvalue weighted by Crippen LogP contribution is 2.43. The molecule has 0 aromatic rings. The van der Waals surface area contributed by atoms with Gasteiger partial charge >= 0.3 is 11.9 Å². The second kappa shape index (κ2) is 15.2. The normalized spacial score (nSPS) is 24.2. The molecule has 0 N–H and O–H groups in total. The Hall–Kier alpha value is -1.14. The number of esters is 2. The number of hydrogen-bond acceptors (Lipinski definition) is 6. The second-order valence-corrected chi connectivity index (χ2v) is 14.9. The molecule has 0 spiro atoms. The van der Waals surface area contributed by atoms with Gasteiger partial charge in [0.2, 0.25) is 0 Å². The Bertz CT molecular complexity index is 753. The Morgan fingerprint density at radius 2 is 1.10 bits per heavy atom. The third-order valence-electron chi connectivity index (χ3n) is 8.33. The molecular formula is C33H62O6. The molecule has 4 unspecified atom stereocenters. The summed E-state index contributed by atoms with van der Waals surface area (Å²) in [4.78, 5) is 22.5. The van der Waals surface area contributed by atoms with Gasteiger partial charge in [-0.25, -0.2) is 0 Å². The number of carbonyl (C=O) groups excluding carboxylic acids is 2. The maximum absolute atomic E-state index is 11.3. The first-order valence-corrected chi connectivity index (χ1v) is 15.5. The summed E-state index contributed by atoms with van der Waals surface area (Å²) in [5, 5.41) is 0. The van der Waals surface area contributed by atoms with Crippen LogP contribution in [0.2, 0.25) is 0 Å². The number of ether oxygens (including phenoxy) is 4. The molecule has 2 fully saturated rings. The Kier molecular flexibility index (Phi) is 14.0. The van der Waals surface area contributed by atoms with E-state index in [0.717, 1.165) is 0 Å². The van der Waals surface area contributed by atoms with Crippen molar-refractivity contribution in [1.29, 1.82) is 0 Å². The highest BCUT2D eigenvalue weighted by molar-refractivity contribution is 5.69. The molecule has 0 aromatic heterocycles. The van der Waals surface area contributed by atoms with E-state index in [4.69, 9.17) is 18.9 Å². The first-order chi connectivity index (χ1) is 17.8. The number of hydrogen-bond donors (Lipinski definition) is 0. The van der Waals surface area contributed by atoms with E-state index in [9.17, 15) is 9.59 Å². The van der Waals surface area contributed by atoms with E-state index in [1.807, 2.05) is 34.6 Å². The highest BCUT2D eigenvalue weighted by atomic mass is 16.6. The van der Waals surface area contributed by atoms with Crippen molar-refractivity contribution in [1.82, 2.24) is 0 Å². The largest absolute Gasteiger partial charge is 0.463 e. The third-order valence-corrected chi connectivity index (χ3v) is 8.33. The van der Waals surface area contributed by atoms with Crippen molar-refractivity contribution in [3.8, 4) is 0 Å². The molecule has 0 aromatic carbocycles. The first-order valence-electron chi connectivity index (χ1n) is 15.5. The fraction of sp³-hybridized carbons (Fsp3) is 0.939. The van der Waals surface area contributed by atoms with Crippen LogP contribution in [0.25, 0.3) is 0 Å². The standard InChI is InChI=1S/C17H32O3.C16H30O3/c1-7-15(18)19-12-17(5,6)20-13(2)14-9-8-10-16(3,4)11-14;1-7-14(17)18-11-16(5,6)19-12(2)13-8-9-15(3,4)10-13/h13-14H,7-12H2,1-6H3;12-13H,7-11H2,1-6H3. The molecule has 2 saturated carbocycles. The van der Waals surface area contributed by atoms with E-state index in [2.05, 4.69) is 41.5 Å². The van der Waals surface area contributed by atoms with Gasteiger partial charge < -0.3 is 18.9 Å². The zero-order valence-corrected chi connectivity index (χ0v) is 27.5. The van der Waals surface area contributed by atoms with Crippen LogP contribution in [0.3, 0.4) is 0 Å². The first kappa shape index (κ1) is 35.9. The van der Waals surface area contributed by atoms with Crippen molar-refractivity contribution in [2.24, 2.45) is 22.7 Å². The fourth-order valence-corrected chi connectivity index (χ4v) is 6.03. The predicted octanol–water partition coefficient (Wildman–Crippen LogP) is 8.29. The van der Waals surface area contributed by atoms with Gasteiger partial charge in [-0.15, -0.1) is 0 Å². The average molecular weight is 555 g/mol. The number of carbonyl (C=O) groups is 2. The molecule has 0 aliphatic heterocycles. The van der Waals surface area contributed by atoms with Crippen LogP contribution in [0.5, 0.6) is 0 Å². The van der Waals surface area contributed by atoms with Crippen molar-refractivity contribution in [2.45, 2.75) is 164 Å². The molecule has 6 heteroatoms. The van der Waals surface area contributed by atoms with Gasteiger partial charge in [-0.05, 0) is 103 Å². The molecule has 2 aliphatic carbocycles. The minimum atomic E-state index is -0.411. The van der Waals surface area contributed by atoms with Crippen LogP contribution in [0.15, 0.2) is 0 Å². The zero-order chi connectivity index (χ0) is 30.1. The highest BCUT2D eigenvalue weighted by Gasteiger charge is 2.37. The van der Waals surface area contributed by atoms with E-state index in [-0.39, 0.29) is 24.1 Å². The monoisotopic (exact) mass is 554 g/mol. The van der Waals surface area contributed by atoms with Gasteiger partial charge in [0.1, 0.15) is 13.2 Å². The minimum Gasteiger partial charge on any atom is -0.463 e. The van der Waals surface area contributed by atoms with Gasteiger partial charge in [0.15, 0.2) is 0 Å². The lowest BCUT2D eigenvalue weighted by atomic mass is 9.71. The van der Waals surface area contributed by atoms with Gasteiger partial charge in [0, 0.05) is 12.8 Å². The summed E-state index contributed by atoms with van der Waals surface area (Å²) in [5.41, 5.74) is 0.0588. The van der Waals surface area contributed by atoms with Gasteiger partial charge in [-0.3, -0.25) is 9.59 Å². The van der Waals surface area contributed by atoms with Crippen LogP contribution in [0.1, 0.15) is 141 Å². The summed E-state index contributed by atoms with van der Waals surface area (Å²) in [6.45, 7) is 25.9. The summed E-state index contributed by atoms with van der Waals surface area (Å²) in [6, 6.07) is 0. The molecule has 0 radical (unpaired) electrons. The van der Waals surface area contributed by atoms with E-state index in [1.165, 1.54) is 44.9 Å². The zero-order valence-electron chi connectivity index (χ0n) is 27.5. The van der Waals surface area contributed by atoms with Crippen LogP contribution >= 0.6 is 0 Å². The van der Waals surface area contributed by atoms with Crippen LogP contribution < -0.4 is 0 Å². The Labute approximate surface area is 240 Å². The van der Waals surface area contributed by atoms with Crippen LogP contribution in [0, 0.1) is 22.7 Å². The minimum absolute atomic E-state index is 0.159. The topological polar surface area (TPSA) is 71.1 Å². The molecule has 0 saturated heterocycles. The van der Waals surface area contributed by atoms with E-state index in [0.29, 0.717) is 48.7 Å². The van der Waals surface area contributed by atoms with Crippen molar-refractivity contribution < 1.29 is 28.5 Å². The summed E-state index contributed by atoms with van der Waals surface area (Å²) in [6.07, 6.45) is 10.1. The Morgan fingerprint density at radius 1 is 0.718 bits per heavy atom. The Morgan fingerprint density at radius 3 is 1.44 bits per heavy atom. The summed E-state index contributed by atoms with van der Waals surface area (Å²) >= 11 is 0. The molecule has 6 nitrogen and oxygen atoms in total. The molecule has 230 valence electrons. The van der Waals surface area contributed by atoms with E-state index in [1.54, 1.807) is 6.92 Å². The molecular weight excluding hydrogens is 492 g/mol. The predicted molar refractivity (Wildman–Crippen MR) is 159 cm³/mol. The summed E-state index contributed by atoms with van der Waals surface area (Å²) in [7, 11) is 0. The molecule has 0 bridgehead atoms. The van der Waals surface area contributed by atoms with Crippen molar-refractivity contribution in [3.05, 3.63) is 0 Å². The number of rotatable bonds is 12. The van der Waals surface area contributed by atoms with Gasteiger partial charge in [0.25, 0.3) is 0 Å². The molecule has 39 heavy (non-hydrogen) atoms. The lowest BCUT2D eigenvalue weighted by Gasteiger charge is -2.40. The van der Waals surface area contributed by atoms with Crippen molar-refractivity contribution in [3.63, 3.8) is 0 Å². The smallest absolute Gasteiger partial charge is 0.305 e. The van der Waals surface area contributed by atoms with Gasteiger partial charge in [-0.1, -0.05) is 48.0 Å². The maximum atomic E-state index is 11.3. The Balaban J connectivity index is 0.000000391. The van der Waals surface area contributed by atoms with Crippen molar-refractivity contribution >= 4 is 11.9 Å².